The zero-order chi connectivity index (χ0) is 17.6. The zero-order valence-electron chi connectivity index (χ0n) is 14.4. The van der Waals surface area contributed by atoms with Crippen LogP contribution in [-0.4, -0.2) is 49.0 Å². The maximum atomic E-state index is 13.8. The van der Waals surface area contributed by atoms with Gasteiger partial charge >= 0.3 is 0 Å². The normalized spacial score (nSPS) is 15.7. The number of rotatable bonds is 4. The van der Waals surface area contributed by atoms with Crippen LogP contribution in [0, 0.1) is 5.82 Å². The third-order valence-electron chi connectivity index (χ3n) is 4.46. The van der Waals surface area contributed by atoms with Gasteiger partial charge < -0.3 is 15.1 Å². The van der Waals surface area contributed by atoms with Crippen molar-refractivity contribution < 1.29 is 9.18 Å². The number of nitrogens with zero attached hydrogens (tertiary/aromatic N) is 3. The van der Waals surface area contributed by atoms with Crippen LogP contribution in [-0.2, 0) is 6.54 Å². The molecular formula is C19H23FN4O. The average molecular weight is 342 g/mol. The smallest absolute Gasteiger partial charge is 0.253 e. The second-order valence-electron chi connectivity index (χ2n) is 6.34. The summed E-state index contributed by atoms with van der Waals surface area (Å²) >= 11 is 0. The molecule has 1 aliphatic rings. The highest BCUT2D eigenvalue weighted by molar-refractivity contribution is 5.93. The summed E-state index contributed by atoms with van der Waals surface area (Å²) in [4.78, 5) is 20.7. The van der Waals surface area contributed by atoms with E-state index in [2.05, 4.69) is 27.1 Å². The Kier molecular flexibility index (Phi) is 5.60. The highest BCUT2D eigenvalue weighted by Crippen LogP contribution is 2.23. The van der Waals surface area contributed by atoms with Gasteiger partial charge in [0.2, 0.25) is 0 Å². The fraction of sp³-hybridized carbons (Fsp3) is 0.368. The summed E-state index contributed by atoms with van der Waals surface area (Å²) in [6, 6.07) is 8.23. The van der Waals surface area contributed by atoms with Crippen molar-refractivity contribution in [3.05, 3.63) is 59.7 Å². The molecule has 0 radical (unpaired) electrons. The summed E-state index contributed by atoms with van der Waals surface area (Å²) in [5.41, 5.74) is 2.28. The van der Waals surface area contributed by atoms with Crippen LogP contribution in [0.15, 0.2) is 42.7 Å². The summed E-state index contributed by atoms with van der Waals surface area (Å²) in [7, 11) is 2.11. The van der Waals surface area contributed by atoms with Gasteiger partial charge in [0, 0.05) is 44.3 Å². The number of amides is 1. The van der Waals surface area contributed by atoms with E-state index in [0.29, 0.717) is 5.56 Å². The van der Waals surface area contributed by atoms with Gasteiger partial charge in [0.1, 0.15) is 5.82 Å². The number of halogens is 1. The number of carbonyl (C=O) groups excluding carboxylic acids is 1. The number of pyridine rings is 1. The zero-order valence-corrected chi connectivity index (χ0v) is 14.4. The van der Waals surface area contributed by atoms with Crippen LogP contribution in [0.2, 0.25) is 0 Å². The predicted octanol–water partition coefficient (Wildman–Crippen LogP) is 2.29. The van der Waals surface area contributed by atoms with Crippen LogP contribution in [0.1, 0.15) is 22.3 Å². The van der Waals surface area contributed by atoms with Gasteiger partial charge in [-0.25, -0.2) is 4.39 Å². The summed E-state index contributed by atoms with van der Waals surface area (Å²) in [5, 5.41) is 2.86. The number of hydrogen-bond donors (Lipinski definition) is 1. The van der Waals surface area contributed by atoms with E-state index in [1.54, 1.807) is 18.3 Å². The van der Waals surface area contributed by atoms with Crippen molar-refractivity contribution in [2.24, 2.45) is 0 Å². The van der Waals surface area contributed by atoms with Gasteiger partial charge in [-0.1, -0.05) is 0 Å². The molecule has 1 aromatic carbocycles. The monoisotopic (exact) mass is 342 g/mol. The standard InChI is InChI=1S/C19H23FN4O/c1-23-8-3-9-24(11-10-23)18-6-5-17(20)12-16(18)14-22-19(25)15-4-2-7-21-13-15/h2,4-7,12-13H,3,8-11,14H2,1H3,(H,22,25). The molecule has 0 unspecified atom stereocenters. The van der Waals surface area contributed by atoms with Crippen molar-refractivity contribution >= 4 is 11.6 Å². The number of aromatic nitrogens is 1. The summed E-state index contributed by atoms with van der Waals surface area (Å²) in [6.07, 6.45) is 4.21. The maximum Gasteiger partial charge on any atom is 0.253 e. The highest BCUT2D eigenvalue weighted by atomic mass is 19.1. The lowest BCUT2D eigenvalue weighted by atomic mass is 10.1. The van der Waals surface area contributed by atoms with E-state index in [4.69, 9.17) is 0 Å². The van der Waals surface area contributed by atoms with E-state index in [1.165, 1.54) is 18.3 Å². The summed E-state index contributed by atoms with van der Waals surface area (Å²) in [6.45, 7) is 4.14. The van der Waals surface area contributed by atoms with Crippen molar-refractivity contribution in [1.29, 1.82) is 0 Å². The van der Waals surface area contributed by atoms with Crippen molar-refractivity contribution in [2.45, 2.75) is 13.0 Å². The van der Waals surface area contributed by atoms with Gasteiger partial charge in [-0.05, 0) is 55.9 Å². The predicted molar refractivity (Wildman–Crippen MR) is 96.1 cm³/mol. The van der Waals surface area contributed by atoms with Crippen LogP contribution >= 0.6 is 0 Å². The fourth-order valence-corrected chi connectivity index (χ4v) is 3.07. The van der Waals surface area contributed by atoms with E-state index in [-0.39, 0.29) is 18.3 Å². The molecule has 0 saturated carbocycles. The number of nitrogens with one attached hydrogen (secondary N) is 1. The van der Waals surface area contributed by atoms with E-state index in [1.807, 2.05) is 6.07 Å². The molecule has 1 amide bonds. The molecule has 0 atom stereocenters. The molecule has 2 heterocycles. The summed E-state index contributed by atoms with van der Waals surface area (Å²) < 4.78 is 13.8. The Morgan fingerprint density at radius 2 is 2.12 bits per heavy atom. The number of likely N-dealkylation sites (N-methyl/N-ethyl adjacent to an activating group) is 1. The Morgan fingerprint density at radius 3 is 2.92 bits per heavy atom. The molecule has 1 fully saturated rings. The minimum absolute atomic E-state index is 0.209. The van der Waals surface area contributed by atoms with Gasteiger partial charge in [-0.2, -0.15) is 0 Å². The van der Waals surface area contributed by atoms with Gasteiger partial charge in [0.25, 0.3) is 5.91 Å². The minimum Gasteiger partial charge on any atom is -0.370 e. The topological polar surface area (TPSA) is 48.5 Å². The second kappa shape index (κ2) is 8.07. The van der Waals surface area contributed by atoms with Crippen molar-refractivity contribution in [1.82, 2.24) is 15.2 Å². The maximum absolute atomic E-state index is 13.8. The van der Waals surface area contributed by atoms with E-state index in [9.17, 15) is 9.18 Å². The lowest BCUT2D eigenvalue weighted by molar-refractivity contribution is 0.0950. The fourth-order valence-electron chi connectivity index (χ4n) is 3.07. The molecule has 3 rings (SSSR count). The van der Waals surface area contributed by atoms with Gasteiger partial charge in [0.15, 0.2) is 0 Å². The Bertz CT molecular complexity index is 723. The Balaban J connectivity index is 1.74. The molecule has 1 N–H and O–H groups in total. The Morgan fingerprint density at radius 1 is 1.24 bits per heavy atom. The molecule has 25 heavy (non-hydrogen) atoms. The lowest BCUT2D eigenvalue weighted by Gasteiger charge is -2.25. The molecule has 0 aliphatic carbocycles. The minimum atomic E-state index is -0.290. The molecule has 132 valence electrons. The first-order valence-electron chi connectivity index (χ1n) is 8.53. The van der Waals surface area contributed by atoms with Gasteiger partial charge in [-0.3, -0.25) is 9.78 Å². The molecule has 0 spiro atoms. The number of hydrogen-bond acceptors (Lipinski definition) is 4. The lowest BCUT2D eigenvalue weighted by Crippen LogP contribution is -2.30. The third kappa shape index (κ3) is 4.54. The van der Waals surface area contributed by atoms with Crippen molar-refractivity contribution in [3.63, 3.8) is 0 Å². The highest BCUT2D eigenvalue weighted by Gasteiger charge is 2.16. The summed E-state index contributed by atoms with van der Waals surface area (Å²) in [5.74, 6) is -0.500. The van der Waals surface area contributed by atoms with Crippen molar-refractivity contribution in [2.75, 3.05) is 38.1 Å². The average Bonchev–Trinajstić information content (AvgIpc) is 2.85. The molecular weight excluding hydrogens is 319 g/mol. The van der Waals surface area contributed by atoms with Crippen LogP contribution < -0.4 is 10.2 Å². The molecule has 1 aliphatic heterocycles. The van der Waals surface area contributed by atoms with Crippen LogP contribution in [0.4, 0.5) is 10.1 Å². The Hall–Kier alpha value is -2.47. The quantitative estimate of drug-likeness (QED) is 0.926. The van der Waals surface area contributed by atoms with Crippen LogP contribution in [0.25, 0.3) is 0 Å². The van der Waals surface area contributed by atoms with E-state index < -0.39 is 0 Å². The van der Waals surface area contributed by atoms with Gasteiger partial charge in [-0.15, -0.1) is 0 Å². The number of carbonyl (C=O) groups is 1. The molecule has 2 aromatic rings. The second-order valence-corrected chi connectivity index (χ2v) is 6.34. The molecule has 1 aromatic heterocycles. The molecule has 0 bridgehead atoms. The SMILES string of the molecule is CN1CCCN(c2ccc(F)cc2CNC(=O)c2cccnc2)CC1. The van der Waals surface area contributed by atoms with E-state index in [0.717, 1.165) is 43.9 Å². The van der Waals surface area contributed by atoms with E-state index >= 15 is 0 Å². The molecule has 1 saturated heterocycles. The first-order valence-corrected chi connectivity index (χ1v) is 8.53. The third-order valence-corrected chi connectivity index (χ3v) is 4.46. The van der Waals surface area contributed by atoms with Crippen LogP contribution in [0.3, 0.4) is 0 Å². The van der Waals surface area contributed by atoms with Crippen LogP contribution in [0.5, 0.6) is 0 Å². The molecule has 6 heteroatoms. The van der Waals surface area contributed by atoms with Gasteiger partial charge in [0.05, 0.1) is 5.56 Å². The van der Waals surface area contributed by atoms with Crippen molar-refractivity contribution in [3.8, 4) is 0 Å². The first-order chi connectivity index (χ1) is 12.1. The molecule has 5 nitrogen and oxygen atoms in total. The number of anilines is 1. The Labute approximate surface area is 147 Å². The first kappa shape index (κ1) is 17.4. The largest absolute Gasteiger partial charge is 0.370 e. The number of benzene rings is 1.